The predicted octanol–water partition coefficient (Wildman–Crippen LogP) is -0.766. The lowest BCUT2D eigenvalue weighted by Crippen LogP contribution is -2.23. The summed E-state index contributed by atoms with van der Waals surface area (Å²) in [5, 5.41) is 8.45. The molecule has 0 saturated heterocycles. The fourth-order valence-corrected chi connectivity index (χ4v) is 0.642. The van der Waals surface area contributed by atoms with Crippen molar-refractivity contribution in [2.75, 3.05) is 5.73 Å². The first-order valence-electron chi connectivity index (χ1n) is 2.88. The Morgan fingerprint density at radius 3 is 3.00 bits per heavy atom. The average Bonchev–Trinajstić information content (AvgIpc) is 2.01. The summed E-state index contributed by atoms with van der Waals surface area (Å²) >= 11 is 0. The Bertz CT molecular complexity index is 373. The SMILES string of the molecule is Cn1c(N)c(C#N)cnc1=O. The molecule has 0 fully saturated rings. The molecule has 0 aliphatic carbocycles. The molecule has 0 saturated carbocycles. The van der Waals surface area contributed by atoms with Gasteiger partial charge in [-0.3, -0.25) is 4.57 Å². The van der Waals surface area contributed by atoms with E-state index in [9.17, 15) is 4.79 Å². The number of aromatic nitrogens is 2. The van der Waals surface area contributed by atoms with E-state index in [1.807, 2.05) is 6.07 Å². The van der Waals surface area contributed by atoms with E-state index in [-0.39, 0.29) is 11.4 Å². The van der Waals surface area contributed by atoms with Crippen molar-refractivity contribution in [3.05, 3.63) is 22.2 Å². The van der Waals surface area contributed by atoms with E-state index in [0.29, 0.717) is 0 Å². The second kappa shape index (κ2) is 2.42. The van der Waals surface area contributed by atoms with Gasteiger partial charge in [0.25, 0.3) is 0 Å². The van der Waals surface area contributed by atoms with Crippen molar-refractivity contribution in [2.45, 2.75) is 0 Å². The van der Waals surface area contributed by atoms with E-state index in [2.05, 4.69) is 4.98 Å². The fraction of sp³-hybridized carbons (Fsp3) is 0.167. The highest BCUT2D eigenvalue weighted by Gasteiger charge is 2.02. The minimum Gasteiger partial charge on any atom is -0.384 e. The largest absolute Gasteiger partial charge is 0.384 e. The molecule has 0 spiro atoms. The van der Waals surface area contributed by atoms with E-state index in [1.54, 1.807) is 0 Å². The van der Waals surface area contributed by atoms with Crippen LogP contribution in [0.25, 0.3) is 0 Å². The van der Waals surface area contributed by atoms with Crippen LogP contribution in [-0.4, -0.2) is 9.55 Å². The summed E-state index contributed by atoms with van der Waals surface area (Å²) in [7, 11) is 1.46. The molecule has 0 aliphatic heterocycles. The van der Waals surface area contributed by atoms with Crippen LogP contribution in [0.2, 0.25) is 0 Å². The van der Waals surface area contributed by atoms with Crippen molar-refractivity contribution >= 4 is 5.82 Å². The fourth-order valence-electron chi connectivity index (χ4n) is 0.642. The van der Waals surface area contributed by atoms with Gasteiger partial charge < -0.3 is 5.73 Å². The molecule has 0 aromatic carbocycles. The van der Waals surface area contributed by atoms with Crippen LogP contribution in [0.1, 0.15) is 5.56 Å². The number of nitrogens with two attached hydrogens (primary N) is 1. The Hall–Kier alpha value is -1.83. The first-order valence-corrected chi connectivity index (χ1v) is 2.88. The maximum Gasteiger partial charge on any atom is 0.348 e. The normalized spacial score (nSPS) is 9.09. The lowest BCUT2D eigenvalue weighted by molar-refractivity contribution is 0.820. The zero-order valence-corrected chi connectivity index (χ0v) is 5.90. The summed E-state index contributed by atoms with van der Waals surface area (Å²) in [6, 6.07) is 1.82. The van der Waals surface area contributed by atoms with Crippen LogP contribution < -0.4 is 11.4 Å². The first-order chi connectivity index (χ1) is 5.16. The minimum atomic E-state index is -0.457. The average molecular weight is 150 g/mol. The van der Waals surface area contributed by atoms with Gasteiger partial charge in [0.15, 0.2) is 0 Å². The Balaban J connectivity index is 3.52. The summed E-state index contributed by atoms with van der Waals surface area (Å²) in [5.74, 6) is 0.146. The zero-order chi connectivity index (χ0) is 8.43. The van der Waals surface area contributed by atoms with Crippen molar-refractivity contribution in [1.82, 2.24) is 9.55 Å². The molecule has 0 unspecified atom stereocenters. The van der Waals surface area contributed by atoms with Gasteiger partial charge in [0.1, 0.15) is 17.5 Å². The molecule has 0 radical (unpaired) electrons. The molecule has 56 valence electrons. The van der Waals surface area contributed by atoms with Gasteiger partial charge in [-0.2, -0.15) is 5.26 Å². The number of rotatable bonds is 0. The summed E-state index contributed by atoms with van der Waals surface area (Å²) in [5.41, 5.74) is 5.15. The van der Waals surface area contributed by atoms with Crippen molar-refractivity contribution in [3.8, 4) is 6.07 Å². The standard InChI is InChI=1S/C6H6N4O/c1-10-5(8)4(2-7)3-9-6(10)11/h3H,8H2,1H3. The number of hydrogen-bond donors (Lipinski definition) is 1. The molecule has 5 heteroatoms. The maximum atomic E-state index is 10.8. The summed E-state index contributed by atoms with van der Waals surface area (Å²) < 4.78 is 1.12. The van der Waals surface area contributed by atoms with E-state index < -0.39 is 5.69 Å². The molecule has 0 atom stereocenters. The summed E-state index contributed by atoms with van der Waals surface area (Å²) in [6.45, 7) is 0. The number of anilines is 1. The monoisotopic (exact) mass is 150 g/mol. The molecule has 1 aromatic rings. The lowest BCUT2D eigenvalue weighted by Gasteiger charge is -2.00. The second-order valence-corrected chi connectivity index (χ2v) is 2.01. The van der Waals surface area contributed by atoms with Crippen molar-refractivity contribution < 1.29 is 0 Å². The molecule has 11 heavy (non-hydrogen) atoms. The first kappa shape index (κ1) is 7.28. The molecular formula is C6H6N4O. The molecule has 2 N–H and O–H groups in total. The predicted molar refractivity (Wildman–Crippen MR) is 38.6 cm³/mol. The van der Waals surface area contributed by atoms with Gasteiger partial charge in [-0.05, 0) is 0 Å². The number of hydrogen-bond acceptors (Lipinski definition) is 4. The van der Waals surface area contributed by atoms with Gasteiger partial charge in [0.2, 0.25) is 0 Å². The smallest absolute Gasteiger partial charge is 0.348 e. The summed E-state index contributed by atoms with van der Waals surface area (Å²) in [4.78, 5) is 14.2. The van der Waals surface area contributed by atoms with E-state index in [4.69, 9.17) is 11.0 Å². The number of nitrogen functional groups attached to an aromatic ring is 1. The molecule has 1 rings (SSSR count). The van der Waals surface area contributed by atoms with Crippen LogP contribution >= 0.6 is 0 Å². The van der Waals surface area contributed by atoms with E-state index >= 15 is 0 Å². The van der Waals surface area contributed by atoms with Crippen molar-refractivity contribution in [2.24, 2.45) is 7.05 Å². The lowest BCUT2D eigenvalue weighted by atomic mass is 10.3. The van der Waals surface area contributed by atoms with Crippen molar-refractivity contribution in [1.29, 1.82) is 5.26 Å². The van der Waals surface area contributed by atoms with Gasteiger partial charge >= 0.3 is 5.69 Å². The quantitative estimate of drug-likeness (QED) is 0.526. The third-order valence-corrected chi connectivity index (χ3v) is 1.35. The highest BCUT2D eigenvalue weighted by molar-refractivity contribution is 5.46. The Morgan fingerprint density at radius 1 is 1.82 bits per heavy atom. The molecular weight excluding hydrogens is 144 g/mol. The Kier molecular flexibility index (Phi) is 1.60. The van der Waals surface area contributed by atoms with E-state index in [1.165, 1.54) is 7.05 Å². The van der Waals surface area contributed by atoms with Crippen LogP contribution in [0.5, 0.6) is 0 Å². The third kappa shape index (κ3) is 1.05. The van der Waals surface area contributed by atoms with Gasteiger partial charge in [0, 0.05) is 7.05 Å². The highest BCUT2D eigenvalue weighted by Crippen LogP contribution is 2.02. The second-order valence-electron chi connectivity index (χ2n) is 2.01. The Morgan fingerprint density at radius 2 is 2.45 bits per heavy atom. The zero-order valence-electron chi connectivity index (χ0n) is 5.90. The van der Waals surface area contributed by atoms with Gasteiger partial charge in [-0.1, -0.05) is 0 Å². The number of nitrogens with zero attached hydrogens (tertiary/aromatic N) is 3. The van der Waals surface area contributed by atoms with Gasteiger partial charge in [-0.25, -0.2) is 9.78 Å². The maximum absolute atomic E-state index is 10.8. The number of nitriles is 1. The molecule has 5 nitrogen and oxygen atoms in total. The third-order valence-electron chi connectivity index (χ3n) is 1.35. The van der Waals surface area contributed by atoms with Crippen LogP contribution in [0.4, 0.5) is 5.82 Å². The molecule has 0 amide bonds. The highest BCUT2D eigenvalue weighted by atomic mass is 16.1. The topological polar surface area (TPSA) is 84.7 Å². The Labute approximate surface area is 62.7 Å². The van der Waals surface area contributed by atoms with Gasteiger partial charge in [-0.15, -0.1) is 0 Å². The van der Waals surface area contributed by atoms with Crippen LogP contribution in [0.15, 0.2) is 11.0 Å². The minimum absolute atomic E-state index is 0.146. The van der Waals surface area contributed by atoms with E-state index in [0.717, 1.165) is 10.8 Å². The van der Waals surface area contributed by atoms with Crippen LogP contribution in [0, 0.1) is 11.3 Å². The van der Waals surface area contributed by atoms with Crippen LogP contribution in [0.3, 0.4) is 0 Å². The molecule has 1 heterocycles. The van der Waals surface area contributed by atoms with Gasteiger partial charge in [0.05, 0.1) is 6.20 Å². The molecule has 0 bridgehead atoms. The van der Waals surface area contributed by atoms with Crippen molar-refractivity contribution in [3.63, 3.8) is 0 Å². The molecule has 0 aliphatic rings. The summed E-state index contributed by atoms with van der Waals surface area (Å²) in [6.07, 6.45) is 1.16. The van der Waals surface area contributed by atoms with Crippen LogP contribution in [-0.2, 0) is 7.05 Å². The molecule has 1 aromatic heterocycles.